The molecule has 0 bridgehead atoms. The van der Waals surface area contributed by atoms with Gasteiger partial charge in [0.2, 0.25) is 5.91 Å². The maximum absolute atomic E-state index is 12.2. The molecule has 7 nitrogen and oxygen atoms in total. The average Bonchev–Trinajstić information content (AvgIpc) is 2.96. The molecular weight excluding hydrogens is 405 g/mol. The van der Waals surface area contributed by atoms with E-state index in [4.69, 9.17) is 28.3 Å². The highest BCUT2D eigenvalue weighted by Crippen LogP contribution is 2.34. The van der Waals surface area contributed by atoms with Crippen molar-refractivity contribution in [2.75, 3.05) is 5.32 Å². The molecule has 0 aliphatic carbocycles. The van der Waals surface area contributed by atoms with Crippen molar-refractivity contribution in [2.45, 2.75) is 26.3 Å². The zero-order chi connectivity index (χ0) is 20.6. The first kappa shape index (κ1) is 20.0. The van der Waals surface area contributed by atoms with Crippen molar-refractivity contribution in [3.8, 4) is 5.69 Å². The van der Waals surface area contributed by atoms with E-state index in [-0.39, 0.29) is 21.6 Å². The van der Waals surface area contributed by atoms with E-state index in [1.807, 2.05) is 19.9 Å². The highest BCUT2D eigenvalue weighted by Gasteiger charge is 2.17. The van der Waals surface area contributed by atoms with Crippen LogP contribution in [-0.4, -0.2) is 26.1 Å². The molecular formula is C19H17Cl2N3O4. The van der Waals surface area contributed by atoms with Gasteiger partial charge in [-0.15, -0.1) is 0 Å². The third kappa shape index (κ3) is 3.76. The summed E-state index contributed by atoms with van der Waals surface area (Å²) < 4.78 is 3.44. The summed E-state index contributed by atoms with van der Waals surface area (Å²) in [5.41, 5.74) is 2.17. The van der Waals surface area contributed by atoms with Gasteiger partial charge in [0.25, 0.3) is 5.56 Å². The van der Waals surface area contributed by atoms with Crippen molar-refractivity contribution < 1.29 is 14.7 Å². The number of nitrogens with zero attached hydrogens (tertiary/aromatic N) is 2. The second-order valence-electron chi connectivity index (χ2n) is 6.50. The molecule has 1 aromatic carbocycles. The van der Waals surface area contributed by atoms with Crippen LogP contribution in [-0.2, 0) is 9.59 Å². The molecule has 0 radical (unpaired) electrons. The van der Waals surface area contributed by atoms with Crippen LogP contribution >= 0.6 is 23.2 Å². The molecule has 9 heteroatoms. The summed E-state index contributed by atoms with van der Waals surface area (Å²) >= 11 is 12.8. The number of halogens is 2. The minimum absolute atomic E-state index is 0.0233. The fraction of sp³-hybridized carbons (Fsp3) is 0.211. The topological polar surface area (TPSA) is 93.3 Å². The van der Waals surface area contributed by atoms with Gasteiger partial charge in [0.1, 0.15) is 6.42 Å². The molecule has 0 spiro atoms. The van der Waals surface area contributed by atoms with Gasteiger partial charge in [-0.2, -0.15) is 0 Å². The molecule has 2 heterocycles. The molecule has 28 heavy (non-hydrogen) atoms. The van der Waals surface area contributed by atoms with E-state index in [9.17, 15) is 14.4 Å². The summed E-state index contributed by atoms with van der Waals surface area (Å²) in [5.74, 6) is -1.92. The van der Waals surface area contributed by atoms with Crippen molar-refractivity contribution in [3.63, 3.8) is 0 Å². The van der Waals surface area contributed by atoms with Crippen molar-refractivity contribution >= 4 is 51.8 Å². The molecule has 0 saturated carbocycles. The Labute approximate surface area is 170 Å². The SMILES string of the molecule is CC(C)n1c(=O)ccc2c1ccn2-c1c(Cl)cc(NC(=O)CC(=O)O)cc1Cl. The largest absolute Gasteiger partial charge is 0.481 e. The van der Waals surface area contributed by atoms with E-state index in [0.717, 1.165) is 11.0 Å². The summed E-state index contributed by atoms with van der Waals surface area (Å²) in [5, 5.41) is 11.7. The highest BCUT2D eigenvalue weighted by atomic mass is 35.5. The van der Waals surface area contributed by atoms with E-state index in [0.29, 0.717) is 11.4 Å². The van der Waals surface area contributed by atoms with Gasteiger partial charge in [0.05, 0.1) is 26.8 Å². The number of nitrogens with one attached hydrogen (secondary N) is 1. The van der Waals surface area contributed by atoms with Crippen LogP contribution in [0, 0.1) is 0 Å². The number of hydrogen-bond donors (Lipinski definition) is 2. The predicted molar refractivity (Wildman–Crippen MR) is 109 cm³/mol. The third-order valence-corrected chi connectivity index (χ3v) is 4.73. The van der Waals surface area contributed by atoms with Crippen molar-refractivity contribution in [1.82, 2.24) is 9.13 Å². The van der Waals surface area contributed by atoms with Crippen molar-refractivity contribution in [3.05, 3.63) is 56.9 Å². The molecule has 3 rings (SSSR count). The van der Waals surface area contributed by atoms with E-state index in [1.165, 1.54) is 18.2 Å². The molecule has 0 fully saturated rings. The van der Waals surface area contributed by atoms with Crippen LogP contribution in [0.3, 0.4) is 0 Å². The molecule has 1 amide bonds. The van der Waals surface area contributed by atoms with Gasteiger partial charge in [0.15, 0.2) is 0 Å². The average molecular weight is 422 g/mol. The lowest BCUT2D eigenvalue weighted by Crippen LogP contribution is -2.20. The van der Waals surface area contributed by atoms with Crippen LogP contribution in [0.2, 0.25) is 10.0 Å². The Morgan fingerprint density at radius 2 is 1.75 bits per heavy atom. The summed E-state index contributed by atoms with van der Waals surface area (Å²) in [7, 11) is 0. The number of amides is 1. The van der Waals surface area contributed by atoms with Crippen LogP contribution in [0.4, 0.5) is 5.69 Å². The number of carboxylic acid groups (broad SMARTS) is 1. The Morgan fingerprint density at radius 1 is 1.11 bits per heavy atom. The maximum atomic E-state index is 12.2. The van der Waals surface area contributed by atoms with Crippen molar-refractivity contribution in [2.24, 2.45) is 0 Å². The Hall–Kier alpha value is -2.77. The molecule has 2 aromatic heterocycles. The maximum Gasteiger partial charge on any atom is 0.312 e. The Morgan fingerprint density at radius 3 is 2.32 bits per heavy atom. The molecule has 0 aliphatic heterocycles. The van der Waals surface area contributed by atoms with Crippen LogP contribution in [0.5, 0.6) is 0 Å². The molecule has 0 aliphatic rings. The van der Waals surface area contributed by atoms with Crippen LogP contribution in [0.25, 0.3) is 16.7 Å². The number of carbonyl (C=O) groups excluding carboxylic acids is 1. The van der Waals surface area contributed by atoms with Crippen molar-refractivity contribution in [1.29, 1.82) is 0 Å². The zero-order valence-electron chi connectivity index (χ0n) is 15.1. The van der Waals surface area contributed by atoms with Crippen LogP contribution < -0.4 is 10.9 Å². The molecule has 3 aromatic rings. The summed E-state index contributed by atoms with van der Waals surface area (Å²) in [4.78, 5) is 34.5. The van der Waals surface area contributed by atoms with E-state index in [1.54, 1.807) is 21.4 Å². The molecule has 0 unspecified atom stereocenters. The molecule has 2 N–H and O–H groups in total. The number of aliphatic carboxylic acids is 1. The quantitative estimate of drug-likeness (QED) is 0.606. The minimum atomic E-state index is -1.23. The lowest BCUT2D eigenvalue weighted by Gasteiger charge is -2.15. The lowest BCUT2D eigenvalue weighted by molar-refractivity contribution is -0.139. The number of aromatic nitrogens is 2. The number of anilines is 1. The number of hydrogen-bond acceptors (Lipinski definition) is 3. The summed E-state index contributed by atoms with van der Waals surface area (Å²) in [6.45, 7) is 3.85. The third-order valence-electron chi connectivity index (χ3n) is 4.15. The first-order chi connectivity index (χ1) is 13.2. The van der Waals surface area contributed by atoms with E-state index < -0.39 is 18.3 Å². The zero-order valence-corrected chi connectivity index (χ0v) is 16.6. The number of fused-ring (bicyclic) bond motifs is 1. The molecule has 0 atom stereocenters. The number of carbonyl (C=O) groups is 2. The normalized spacial score (nSPS) is 11.2. The Bertz CT molecular complexity index is 1120. The van der Waals surface area contributed by atoms with Gasteiger partial charge in [-0.05, 0) is 38.1 Å². The fourth-order valence-corrected chi connectivity index (χ4v) is 3.76. The first-order valence-corrected chi connectivity index (χ1v) is 9.18. The van der Waals surface area contributed by atoms with E-state index in [2.05, 4.69) is 5.32 Å². The molecule has 0 saturated heterocycles. The van der Waals surface area contributed by atoms with Crippen LogP contribution in [0.1, 0.15) is 26.3 Å². The fourth-order valence-electron chi connectivity index (χ4n) is 3.09. The Kier molecular flexibility index (Phi) is 5.49. The number of benzene rings is 1. The highest BCUT2D eigenvalue weighted by molar-refractivity contribution is 6.38. The monoisotopic (exact) mass is 421 g/mol. The predicted octanol–water partition coefficient (Wildman–Crippen LogP) is 4.09. The van der Waals surface area contributed by atoms with Gasteiger partial charge in [-0.3, -0.25) is 14.4 Å². The van der Waals surface area contributed by atoms with E-state index >= 15 is 0 Å². The smallest absolute Gasteiger partial charge is 0.312 e. The number of pyridine rings is 1. The molecule has 146 valence electrons. The number of carboxylic acids is 1. The first-order valence-electron chi connectivity index (χ1n) is 8.42. The Balaban J connectivity index is 2.08. The van der Waals surface area contributed by atoms with Gasteiger partial charge >= 0.3 is 5.97 Å². The summed E-state index contributed by atoms with van der Waals surface area (Å²) in [6.07, 6.45) is 1.10. The minimum Gasteiger partial charge on any atom is -0.481 e. The van der Waals surface area contributed by atoms with Gasteiger partial charge in [-0.1, -0.05) is 23.2 Å². The standard InChI is InChI=1S/C19H17Cl2N3O4/c1-10(2)24-15-5-6-23(14(15)3-4-17(24)26)19-12(20)7-11(8-13(19)21)22-16(25)9-18(27)28/h3-8,10H,9H2,1-2H3,(H,22,25)(H,27,28). The van der Waals surface area contributed by atoms with Gasteiger partial charge in [0, 0.05) is 24.0 Å². The second-order valence-corrected chi connectivity index (χ2v) is 7.31. The van der Waals surface area contributed by atoms with Gasteiger partial charge < -0.3 is 19.6 Å². The number of rotatable bonds is 5. The lowest BCUT2D eigenvalue weighted by atomic mass is 10.2. The van der Waals surface area contributed by atoms with Gasteiger partial charge in [-0.25, -0.2) is 0 Å². The second kappa shape index (κ2) is 7.69. The van der Waals surface area contributed by atoms with Crippen LogP contribution in [0.15, 0.2) is 41.3 Å². The summed E-state index contributed by atoms with van der Waals surface area (Å²) in [6, 6.07) is 7.96.